The minimum absolute atomic E-state index is 0.0668. The van der Waals surface area contributed by atoms with Gasteiger partial charge in [-0.15, -0.1) is 0 Å². The van der Waals surface area contributed by atoms with Gasteiger partial charge in [-0.1, -0.05) is 48.5 Å². The molecule has 0 aromatic rings. The number of amides is 16. The van der Waals surface area contributed by atoms with Crippen LogP contribution in [0.2, 0.25) is 0 Å². The predicted molar refractivity (Wildman–Crippen MR) is 437 cm³/mol. The third kappa shape index (κ3) is 27.8. The van der Waals surface area contributed by atoms with E-state index in [0.717, 1.165) is 58.2 Å². The molecule has 5 rings (SSSR count). The van der Waals surface area contributed by atoms with Crippen molar-refractivity contribution in [3.8, 4) is 0 Å². The van der Waals surface area contributed by atoms with Crippen molar-refractivity contribution in [1.82, 2.24) is 93.6 Å². The second-order valence-electron chi connectivity index (χ2n) is 37.3. The number of hydrogen-bond acceptors (Lipinski definition) is 18. The van der Waals surface area contributed by atoms with Crippen molar-refractivity contribution in [1.29, 1.82) is 0 Å². The zero-order valence-electron chi connectivity index (χ0n) is 73.5. The van der Waals surface area contributed by atoms with E-state index < -0.39 is 164 Å². The van der Waals surface area contributed by atoms with E-state index in [1.807, 2.05) is 34.6 Å². The molecule has 34 heteroatoms. The molecule has 16 amide bonds. The van der Waals surface area contributed by atoms with Gasteiger partial charge in [0.25, 0.3) is 0 Å². The number of carbonyl (C=O) groups excluding carboxylic acids is 16. The van der Waals surface area contributed by atoms with Crippen LogP contribution in [0.4, 0.5) is 0 Å². The Balaban J connectivity index is 1.08. The summed E-state index contributed by atoms with van der Waals surface area (Å²) >= 11 is 0. The topological polar surface area (TPSA) is 446 Å². The lowest BCUT2D eigenvalue weighted by atomic mass is 9.93. The SMILES string of the molecule is CC[C@](C)(NC(=O)[C@@H](CC(C)C)NC(=O)[C@@H](C)NC(=O)C(C)(C)NC(=O)C1CCCCN1C(=O)C(C)(C)NC(=O)C(C)(C)NC(=O)CNC(=O)CCNC(=O)[C@H](CC(C)C)NC(=O)C(C)(C)NC(=O)C(C)(C)NC(=O)C1CCCCN1C(=O)C(C)(C)NC(=O)C1CCCCN1C(C)=O)C(=O)NC(CC(C)C)CN1CCCN2CCCC21. The van der Waals surface area contributed by atoms with E-state index in [4.69, 9.17) is 0 Å². The minimum Gasteiger partial charge on any atom is -0.354 e. The van der Waals surface area contributed by atoms with Gasteiger partial charge in [0.05, 0.1) is 12.7 Å². The van der Waals surface area contributed by atoms with Crippen LogP contribution >= 0.6 is 0 Å². The van der Waals surface area contributed by atoms with Crippen LogP contribution in [0.25, 0.3) is 0 Å². The van der Waals surface area contributed by atoms with Crippen molar-refractivity contribution in [2.75, 3.05) is 58.9 Å². The molecule has 0 saturated carbocycles. The molecule has 5 fully saturated rings. The van der Waals surface area contributed by atoms with Crippen molar-refractivity contribution in [3.05, 3.63) is 0 Å². The molecule has 5 aliphatic heterocycles. The molecule has 0 aromatic carbocycles. The number of carbonyl (C=O) groups is 16. The van der Waals surface area contributed by atoms with Gasteiger partial charge in [0, 0.05) is 65.2 Å². The Morgan fingerprint density at radius 1 is 0.379 bits per heavy atom. The molecule has 656 valence electrons. The highest BCUT2D eigenvalue weighted by Crippen LogP contribution is 2.29. The zero-order chi connectivity index (χ0) is 87.6. The molecular formula is C82H142N18O16. The van der Waals surface area contributed by atoms with Crippen molar-refractivity contribution in [2.45, 2.75) is 349 Å². The average Bonchev–Trinajstić information content (AvgIpc) is 0.910. The second-order valence-corrected chi connectivity index (χ2v) is 37.3. The van der Waals surface area contributed by atoms with Gasteiger partial charge in [-0.05, 0) is 224 Å². The average molecular weight is 1640 g/mol. The molecule has 0 bridgehead atoms. The first-order valence-corrected chi connectivity index (χ1v) is 42.1. The van der Waals surface area contributed by atoms with Gasteiger partial charge in [0.1, 0.15) is 75.0 Å². The first-order chi connectivity index (χ1) is 53.7. The van der Waals surface area contributed by atoms with Crippen LogP contribution in [0, 0.1) is 17.8 Å². The van der Waals surface area contributed by atoms with E-state index in [9.17, 15) is 76.7 Å². The molecule has 5 unspecified atom stereocenters. The number of nitrogens with zero attached hydrogens (tertiary/aromatic N) is 5. The Bertz CT molecular complexity index is 3560. The Kier molecular flexibility index (Phi) is 35.2. The molecule has 0 aliphatic carbocycles. The maximum absolute atomic E-state index is 14.5. The molecule has 5 aliphatic rings. The molecule has 34 nitrogen and oxygen atoms in total. The molecule has 116 heavy (non-hydrogen) atoms. The van der Waals surface area contributed by atoms with Gasteiger partial charge in [-0.2, -0.15) is 0 Å². The van der Waals surface area contributed by atoms with Gasteiger partial charge in [0.2, 0.25) is 94.5 Å². The third-order valence-corrected chi connectivity index (χ3v) is 22.6. The van der Waals surface area contributed by atoms with Crippen LogP contribution in [-0.2, 0) is 76.7 Å². The number of nitrogens with one attached hydrogen (secondary N) is 13. The maximum Gasteiger partial charge on any atom is 0.248 e. The summed E-state index contributed by atoms with van der Waals surface area (Å²) in [5.41, 5.74) is -11.1. The number of likely N-dealkylation sites (tertiary alicyclic amines) is 3. The summed E-state index contributed by atoms with van der Waals surface area (Å²) in [4.78, 5) is 231. The highest BCUT2D eigenvalue weighted by atomic mass is 16.2. The van der Waals surface area contributed by atoms with Gasteiger partial charge in [-0.3, -0.25) is 86.5 Å². The first-order valence-electron chi connectivity index (χ1n) is 42.1. The molecule has 0 spiro atoms. The number of fused-ring (bicyclic) bond motifs is 1. The van der Waals surface area contributed by atoms with Crippen LogP contribution < -0.4 is 69.1 Å². The third-order valence-electron chi connectivity index (χ3n) is 22.6. The number of hydrogen-bond donors (Lipinski definition) is 13. The fraction of sp³-hybridized carbons (Fsp3) is 0.805. The normalized spacial score (nSPS) is 20.2. The van der Waals surface area contributed by atoms with Crippen LogP contribution in [0.15, 0.2) is 0 Å². The lowest BCUT2D eigenvalue weighted by molar-refractivity contribution is -0.150. The Labute approximate surface area is 687 Å². The highest BCUT2D eigenvalue weighted by Gasteiger charge is 2.49. The summed E-state index contributed by atoms with van der Waals surface area (Å²) in [6.07, 6.45) is 9.42. The van der Waals surface area contributed by atoms with Crippen LogP contribution in [0.5, 0.6) is 0 Å². The Morgan fingerprint density at radius 3 is 1.31 bits per heavy atom. The summed E-state index contributed by atoms with van der Waals surface area (Å²) in [5.74, 6) is -9.73. The van der Waals surface area contributed by atoms with Crippen LogP contribution in [-0.4, -0.2) is 265 Å². The standard InChI is InChI=1S/C82H142N18O16/c1-23-82(22,73(114)86-54(44-49(2)3)48-97-40-31-39-96-38-30-35-62(96)97)93-65(106)56(46-51(6)7)87-63(104)52(8)85-69(110)76(10,11)90-67(108)58-33-26-29-43-100(58)75(116)81(20,21)95-71(112)78(14,15)89-61(103)47-84-60(102)36-37-83-64(105)55(45-50(4)5)88-70(111)77(12,13)94-72(113)79(16,17)91-68(109)59-34-25-28-42-99(59)74(115)80(18,19)92-66(107)57-32-24-27-41-98(57)53(9)101/h49-52,54-59,62H,23-48H2,1-22H3,(H,83,105)(H,84,102)(H,85,110)(H,86,114)(H,87,104)(H,88,111)(H,89,103)(H,90,108)(H,91,109)(H,92,107)(H,93,106)(H,94,113)(H,95,112)/t52-,54?,55+,56-,57?,58?,59?,62?,82+/m1/s1. The van der Waals surface area contributed by atoms with Crippen molar-refractivity contribution in [3.63, 3.8) is 0 Å². The van der Waals surface area contributed by atoms with Crippen molar-refractivity contribution in [2.24, 2.45) is 17.8 Å². The second kappa shape index (κ2) is 41.7. The van der Waals surface area contributed by atoms with E-state index in [-0.39, 0.29) is 87.9 Å². The fourth-order valence-corrected chi connectivity index (χ4v) is 15.5. The monoisotopic (exact) mass is 1640 g/mol. The van der Waals surface area contributed by atoms with Gasteiger partial charge in [0.15, 0.2) is 0 Å². The summed E-state index contributed by atoms with van der Waals surface area (Å²) < 4.78 is 0. The van der Waals surface area contributed by atoms with Crippen molar-refractivity contribution < 1.29 is 76.7 Å². The van der Waals surface area contributed by atoms with Crippen molar-refractivity contribution >= 4 is 94.5 Å². The van der Waals surface area contributed by atoms with Gasteiger partial charge < -0.3 is 83.8 Å². The molecule has 13 N–H and O–H groups in total. The predicted octanol–water partition coefficient (Wildman–Crippen LogP) is 1.65. The van der Waals surface area contributed by atoms with Gasteiger partial charge in [-0.25, -0.2) is 0 Å². The van der Waals surface area contributed by atoms with E-state index in [1.165, 1.54) is 97.8 Å². The lowest BCUT2D eigenvalue weighted by Gasteiger charge is -2.42. The quantitative estimate of drug-likeness (QED) is 0.0418. The minimum atomic E-state index is -1.67. The Morgan fingerprint density at radius 2 is 0.810 bits per heavy atom. The Hall–Kier alpha value is -8.56. The summed E-state index contributed by atoms with van der Waals surface area (Å²) in [7, 11) is 0. The molecule has 0 radical (unpaired) electrons. The van der Waals surface area contributed by atoms with Crippen LogP contribution in [0.1, 0.15) is 261 Å². The maximum atomic E-state index is 14.5. The summed E-state index contributed by atoms with van der Waals surface area (Å²) in [6.45, 7) is 39.1. The molecular weight excluding hydrogens is 1490 g/mol. The van der Waals surface area contributed by atoms with E-state index in [1.54, 1.807) is 20.8 Å². The smallest absolute Gasteiger partial charge is 0.248 e. The van der Waals surface area contributed by atoms with E-state index in [0.29, 0.717) is 57.3 Å². The molecule has 5 saturated heterocycles. The highest BCUT2D eigenvalue weighted by molar-refractivity contribution is 6.03. The zero-order valence-corrected chi connectivity index (χ0v) is 73.5. The summed E-state index contributed by atoms with van der Waals surface area (Å²) in [6, 6.07) is -6.40. The molecule has 0 aromatic heterocycles. The number of rotatable bonds is 38. The number of piperidine rings is 3. The lowest BCUT2D eigenvalue weighted by Crippen LogP contribution is -2.67. The summed E-state index contributed by atoms with van der Waals surface area (Å²) in [5, 5.41) is 35.7. The van der Waals surface area contributed by atoms with Crippen LogP contribution in [0.3, 0.4) is 0 Å². The molecule has 5 heterocycles. The first kappa shape index (κ1) is 98.0. The fourth-order valence-electron chi connectivity index (χ4n) is 15.5. The van der Waals surface area contributed by atoms with E-state index >= 15 is 0 Å². The largest absolute Gasteiger partial charge is 0.354 e. The van der Waals surface area contributed by atoms with E-state index in [2.05, 4.69) is 92.8 Å². The molecule has 9 atom stereocenters. The van der Waals surface area contributed by atoms with Gasteiger partial charge >= 0.3 is 0 Å².